The second kappa shape index (κ2) is 6.42. The van der Waals surface area contributed by atoms with Crippen LogP contribution in [0.1, 0.15) is 44.5 Å². The zero-order valence-corrected chi connectivity index (χ0v) is 15.7. The number of rotatable bonds is 2. The van der Waals surface area contributed by atoms with Crippen molar-refractivity contribution < 1.29 is 18.5 Å². The van der Waals surface area contributed by atoms with Crippen molar-refractivity contribution in [3.63, 3.8) is 0 Å². The van der Waals surface area contributed by atoms with Gasteiger partial charge >= 0.3 is 7.12 Å². The highest BCUT2D eigenvalue weighted by Gasteiger charge is 2.52. The molecular weight excluding hydrogens is 343 g/mol. The predicted molar refractivity (Wildman–Crippen MR) is 96.1 cm³/mol. The van der Waals surface area contributed by atoms with Crippen LogP contribution in [-0.2, 0) is 9.31 Å². The lowest BCUT2D eigenvalue weighted by molar-refractivity contribution is 0.00578. The molecular formula is C18H22BClFNO3. The standard InChI is InChI=1S/C18H22BClFNO3/c1-17(2)18(3,4)25-19(24-17)13-7-9-22(10-8-13)16(23)12-5-6-15(21)14(20)11-12/h5-7,11H,8-10H2,1-4H3. The van der Waals surface area contributed by atoms with Crippen molar-refractivity contribution in [3.8, 4) is 0 Å². The van der Waals surface area contributed by atoms with Gasteiger partial charge in [-0.2, -0.15) is 0 Å². The van der Waals surface area contributed by atoms with E-state index in [1.54, 1.807) is 4.90 Å². The average Bonchev–Trinajstić information content (AvgIpc) is 2.77. The zero-order chi connectivity index (χ0) is 18.4. The van der Waals surface area contributed by atoms with Gasteiger partial charge in [-0.05, 0) is 57.8 Å². The van der Waals surface area contributed by atoms with Gasteiger partial charge in [-0.15, -0.1) is 0 Å². The lowest BCUT2D eigenvalue weighted by atomic mass is 9.74. The number of hydrogen-bond acceptors (Lipinski definition) is 3. The van der Waals surface area contributed by atoms with E-state index in [4.69, 9.17) is 20.9 Å². The van der Waals surface area contributed by atoms with E-state index in [0.717, 1.165) is 5.47 Å². The van der Waals surface area contributed by atoms with Crippen molar-refractivity contribution in [2.45, 2.75) is 45.3 Å². The van der Waals surface area contributed by atoms with Crippen molar-refractivity contribution in [1.82, 2.24) is 4.90 Å². The Morgan fingerprint density at radius 2 is 1.88 bits per heavy atom. The van der Waals surface area contributed by atoms with Crippen molar-refractivity contribution in [2.24, 2.45) is 0 Å². The summed E-state index contributed by atoms with van der Waals surface area (Å²) >= 11 is 5.77. The number of carbonyl (C=O) groups is 1. The molecule has 3 rings (SSSR count). The Balaban J connectivity index is 1.68. The highest BCUT2D eigenvalue weighted by molar-refractivity contribution is 6.54. The minimum atomic E-state index is -0.528. The van der Waals surface area contributed by atoms with Gasteiger partial charge in [0.1, 0.15) is 5.82 Å². The molecule has 2 heterocycles. The van der Waals surface area contributed by atoms with E-state index in [-0.39, 0.29) is 29.3 Å². The van der Waals surface area contributed by atoms with E-state index < -0.39 is 5.82 Å². The van der Waals surface area contributed by atoms with Crippen LogP contribution in [-0.4, -0.2) is 42.2 Å². The maximum absolute atomic E-state index is 13.3. The van der Waals surface area contributed by atoms with Crippen molar-refractivity contribution in [3.05, 3.63) is 46.2 Å². The molecule has 134 valence electrons. The molecule has 0 spiro atoms. The lowest BCUT2D eigenvalue weighted by Crippen LogP contribution is -2.41. The molecule has 1 saturated heterocycles. The Bertz CT molecular complexity index is 719. The van der Waals surface area contributed by atoms with E-state index >= 15 is 0 Å². The third-order valence-corrected chi connectivity index (χ3v) is 5.54. The fraction of sp³-hybridized carbons (Fsp3) is 0.500. The summed E-state index contributed by atoms with van der Waals surface area (Å²) in [7, 11) is -0.373. The smallest absolute Gasteiger partial charge is 0.400 e. The van der Waals surface area contributed by atoms with Crippen LogP contribution in [0.15, 0.2) is 29.7 Å². The number of halogens is 2. The van der Waals surface area contributed by atoms with Gasteiger partial charge in [0.05, 0.1) is 16.2 Å². The van der Waals surface area contributed by atoms with Gasteiger partial charge in [0.15, 0.2) is 0 Å². The Morgan fingerprint density at radius 3 is 2.40 bits per heavy atom. The normalized spacial score (nSPS) is 22.1. The minimum Gasteiger partial charge on any atom is -0.400 e. The number of hydrogen-bond donors (Lipinski definition) is 0. The summed E-state index contributed by atoms with van der Waals surface area (Å²) in [5.41, 5.74) is 0.686. The third-order valence-electron chi connectivity index (χ3n) is 5.25. The molecule has 2 aliphatic heterocycles. The van der Waals surface area contributed by atoms with Crippen LogP contribution < -0.4 is 0 Å². The maximum Gasteiger partial charge on any atom is 0.490 e. The summed E-state index contributed by atoms with van der Waals surface area (Å²) in [6.07, 6.45) is 2.66. The van der Waals surface area contributed by atoms with Crippen LogP contribution in [0.2, 0.25) is 5.02 Å². The molecule has 0 aromatic heterocycles. The highest BCUT2D eigenvalue weighted by Crippen LogP contribution is 2.39. The first kappa shape index (κ1) is 18.4. The van der Waals surface area contributed by atoms with Crippen molar-refractivity contribution in [2.75, 3.05) is 13.1 Å². The SMILES string of the molecule is CC1(C)OB(C2=CCN(C(=O)c3ccc(F)c(Cl)c3)CC2)OC1(C)C. The van der Waals surface area contributed by atoms with Gasteiger partial charge in [-0.1, -0.05) is 17.7 Å². The summed E-state index contributed by atoms with van der Waals surface area (Å²) in [6, 6.07) is 4.04. The third kappa shape index (κ3) is 3.48. The van der Waals surface area contributed by atoms with Crippen LogP contribution in [0.5, 0.6) is 0 Å². The van der Waals surface area contributed by atoms with Gasteiger partial charge in [0.25, 0.3) is 5.91 Å². The summed E-state index contributed by atoms with van der Waals surface area (Å²) in [5, 5.41) is -0.0451. The molecule has 0 radical (unpaired) electrons. The minimum absolute atomic E-state index is 0.0451. The first-order chi connectivity index (χ1) is 11.6. The molecule has 1 aromatic carbocycles. The fourth-order valence-corrected chi connectivity index (χ4v) is 3.07. The topological polar surface area (TPSA) is 38.8 Å². The largest absolute Gasteiger partial charge is 0.490 e. The average molecular weight is 366 g/mol. The zero-order valence-electron chi connectivity index (χ0n) is 14.9. The highest BCUT2D eigenvalue weighted by atomic mass is 35.5. The molecule has 1 fully saturated rings. The quantitative estimate of drug-likeness (QED) is 0.747. The van der Waals surface area contributed by atoms with Gasteiger partial charge in [0, 0.05) is 18.7 Å². The molecule has 1 aromatic rings. The van der Waals surface area contributed by atoms with Crippen LogP contribution in [0.25, 0.3) is 0 Å². The summed E-state index contributed by atoms with van der Waals surface area (Å²) < 4.78 is 25.4. The molecule has 25 heavy (non-hydrogen) atoms. The van der Waals surface area contributed by atoms with E-state index in [9.17, 15) is 9.18 Å². The molecule has 0 aliphatic carbocycles. The molecule has 0 bridgehead atoms. The number of benzene rings is 1. The van der Waals surface area contributed by atoms with Crippen molar-refractivity contribution >= 4 is 24.6 Å². The van der Waals surface area contributed by atoms with Gasteiger partial charge in [-0.25, -0.2) is 4.39 Å². The lowest BCUT2D eigenvalue weighted by Gasteiger charge is -2.32. The van der Waals surface area contributed by atoms with E-state index in [1.165, 1.54) is 18.2 Å². The van der Waals surface area contributed by atoms with Crippen LogP contribution in [0, 0.1) is 5.82 Å². The van der Waals surface area contributed by atoms with E-state index in [0.29, 0.717) is 25.1 Å². The number of carbonyl (C=O) groups excluding carboxylic acids is 1. The van der Waals surface area contributed by atoms with Gasteiger partial charge < -0.3 is 14.2 Å². The molecule has 0 unspecified atom stereocenters. The fourth-order valence-electron chi connectivity index (χ4n) is 2.89. The molecule has 7 heteroatoms. The molecule has 2 aliphatic rings. The van der Waals surface area contributed by atoms with Gasteiger partial charge in [0.2, 0.25) is 0 Å². The van der Waals surface area contributed by atoms with Crippen LogP contribution in [0.4, 0.5) is 4.39 Å². The monoisotopic (exact) mass is 365 g/mol. The maximum atomic E-state index is 13.3. The molecule has 0 N–H and O–H groups in total. The summed E-state index contributed by atoms with van der Waals surface area (Å²) in [5.74, 6) is -0.689. The van der Waals surface area contributed by atoms with E-state index in [1.807, 2.05) is 33.8 Å². The number of amides is 1. The Morgan fingerprint density at radius 1 is 1.24 bits per heavy atom. The summed E-state index contributed by atoms with van der Waals surface area (Å²) in [6.45, 7) is 9.10. The first-order valence-corrected chi connectivity index (χ1v) is 8.77. The predicted octanol–water partition coefficient (Wildman–Crippen LogP) is 3.88. The first-order valence-electron chi connectivity index (χ1n) is 8.39. The molecule has 1 amide bonds. The Hall–Kier alpha value is -1.37. The molecule has 0 atom stereocenters. The van der Waals surface area contributed by atoms with Crippen LogP contribution >= 0.6 is 11.6 Å². The van der Waals surface area contributed by atoms with Gasteiger partial charge in [-0.3, -0.25) is 4.79 Å². The Labute approximate surface area is 153 Å². The molecule has 0 saturated carbocycles. The number of nitrogens with zero attached hydrogens (tertiary/aromatic N) is 1. The Kier molecular flexibility index (Phi) is 4.73. The molecule has 4 nitrogen and oxygen atoms in total. The van der Waals surface area contributed by atoms with Crippen LogP contribution in [0.3, 0.4) is 0 Å². The van der Waals surface area contributed by atoms with Crippen molar-refractivity contribution in [1.29, 1.82) is 0 Å². The second-order valence-corrected chi connectivity index (χ2v) is 7.90. The second-order valence-electron chi connectivity index (χ2n) is 7.50. The summed E-state index contributed by atoms with van der Waals surface area (Å²) in [4.78, 5) is 14.3. The van der Waals surface area contributed by atoms with E-state index in [2.05, 4.69) is 0 Å².